The van der Waals surface area contributed by atoms with E-state index in [1.165, 1.54) is 12.1 Å². The van der Waals surface area contributed by atoms with Crippen LogP contribution < -0.4 is 5.73 Å². The second-order valence-electron chi connectivity index (χ2n) is 7.79. The van der Waals surface area contributed by atoms with E-state index in [0.29, 0.717) is 11.1 Å². The van der Waals surface area contributed by atoms with Gasteiger partial charge in [-0.05, 0) is 30.0 Å². The number of aryl methyl sites for hydroxylation is 1. The number of nitrogens with two attached hydrogens (primary N) is 1. The van der Waals surface area contributed by atoms with E-state index in [9.17, 15) is 23.7 Å². The molecule has 0 heterocycles. The molecule has 3 unspecified atom stereocenters. The van der Waals surface area contributed by atoms with E-state index >= 15 is 0 Å². The van der Waals surface area contributed by atoms with Gasteiger partial charge in [0.15, 0.2) is 0 Å². The molecule has 0 aliphatic rings. The number of aliphatic hydroxyl groups is 2. The van der Waals surface area contributed by atoms with Crippen LogP contribution in [-0.4, -0.2) is 53.3 Å². The molecule has 0 amide bonds. The van der Waals surface area contributed by atoms with Gasteiger partial charge in [-0.25, -0.2) is 8.42 Å². The highest BCUT2D eigenvalue weighted by molar-refractivity contribution is 7.89. The van der Waals surface area contributed by atoms with E-state index in [1.807, 2.05) is 13.8 Å². The van der Waals surface area contributed by atoms with Crippen molar-refractivity contribution >= 4 is 21.6 Å². The average molecular weight is 457 g/mol. The lowest BCUT2D eigenvalue weighted by Crippen LogP contribution is -2.49. The number of aliphatic hydroxyl groups excluding tert-OH is 2. The van der Waals surface area contributed by atoms with Crippen molar-refractivity contribution in [3.05, 3.63) is 58.6 Å². The molecule has 0 saturated heterocycles. The van der Waals surface area contributed by atoms with Gasteiger partial charge in [0.2, 0.25) is 10.0 Å². The van der Waals surface area contributed by atoms with E-state index in [2.05, 4.69) is 0 Å². The number of sulfonamides is 1. The Morgan fingerprint density at radius 3 is 2.27 bits per heavy atom. The molecule has 2 aromatic carbocycles. The van der Waals surface area contributed by atoms with Gasteiger partial charge in [-0.3, -0.25) is 0 Å². The average Bonchev–Trinajstić information content (AvgIpc) is 2.69. The van der Waals surface area contributed by atoms with Crippen LogP contribution in [0.1, 0.15) is 31.1 Å². The summed E-state index contributed by atoms with van der Waals surface area (Å²) in [6, 6.07) is 10.00. The van der Waals surface area contributed by atoms with Crippen LogP contribution in [0.15, 0.2) is 47.4 Å². The van der Waals surface area contributed by atoms with Crippen molar-refractivity contribution in [1.29, 1.82) is 0 Å². The monoisotopic (exact) mass is 456 g/mol. The molecule has 7 nitrogen and oxygen atoms in total. The van der Waals surface area contributed by atoms with Crippen LogP contribution in [0.2, 0.25) is 5.02 Å². The molecule has 2 aromatic rings. The zero-order valence-electron chi connectivity index (χ0n) is 17.2. The maximum atomic E-state index is 13.3. The first-order chi connectivity index (χ1) is 13.9. The predicted molar refractivity (Wildman–Crippen MR) is 117 cm³/mol. The molecule has 0 radical (unpaired) electrons. The highest BCUT2D eigenvalue weighted by Crippen LogP contribution is 2.31. The summed E-state index contributed by atoms with van der Waals surface area (Å²) >= 11 is 6.10. The highest BCUT2D eigenvalue weighted by Gasteiger charge is 2.33. The molecule has 0 spiro atoms. The second kappa shape index (κ2) is 10.1. The van der Waals surface area contributed by atoms with Crippen molar-refractivity contribution in [3.63, 3.8) is 0 Å². The third-order valence-corrected chi connectivity index (χ3v) is 7.07. The lowest BCUT2D eigenvalue weighted by Gasteiger charge is -2.30. The van der Waals surface area contributed by atoms with Crippen molar-refractivity contribution in [3.8, 4) is 5.75 Å². The molecular weight excluding hydrogens is 428 g/mol. The van der Waals surface area contributed by atoms with Crippen LogP contribution in [0, 0.1) is 12.8 Å². The first-order valence-electron chi connectivity index (χ1n) is 9.61. The molecule has 5 N–H and O–H groups in total. The molecule has 3 atom stereocenters. The quantitative estimate of drug-likeness (QED) is 0.459. The standard InChI is InChI=1S/C21H29ClN2O5S/c1-13(2)11-24(30(28,29)19-9-14(3)17(25)10-16(19)22)12-18(26)20(23)21(27)15-7-5-4-6-8-15/h4-10,13,18,20-21,25-27H,11-12,23H2,1-3H3. The zero-order chi connectivity index (χ0) is 22.6. The van der Waals surface area contributed by atoms with Crippen LogP contribution in [-0.2, 0) is 10.0 Å². The summed E-state index contributed by atoms with van der Waals surface area (Å²) in [6.45, 7) is 5.05. The summed E-state index contributed by atoms with van der Waals surface area (Å²) in [6.07, 6.45) is -2.49. The van der Waals surface area contributed by atoms with Crippen molar-refractivity contribution in [1.82, 2.24) is 4.31 Å². The van der Waals surface area contributed by atoms with Gasteiger partial charge in [-0.15, -0.1) is 0 Å². The fraction of sp³-hybridized carbons (Fsp3) is 0.429. The van der Waals surface area contributed by atoms with E-state index in [1.54, 1.807) is 37.3 Å². The van der Waals surface area contributed by atoms with Gasteiger partial charge in [0.05, 0.1) is 23.3 Å². The number of hydrogen-bond donors (Lipinski definition) is 4. The number of phenols is 1. The Morgan fingerprint density at radius 2 is 1.70 bits per heavy atom. The van der Waals surface area contributed by atoms with Crippen LogP contribution in [0.5, 0.6) is 5.75 Å². The SMILES string of the molecule is Cc1cc(S(=O)(=O)N(CC(C)C)CC(O)C(N)C(O)c2ccccc2)c(Cl)cc1O. The number of nitrogens with zero attached hydrogens (tertiary/aromatic N) is 1. The Balaban J connectivity index is 2.32. The summed E-state index contributed by atoms with van der Waals surface area (Å²) in [5.74, 6) is -0.151. The third kappa shape index (κ3) is 5.72. The largest absolute Gasteiger partial charge is 0.508 e. The van der Waals surface area contributed by atoms with Gasteiger partial charge < -0.3 is 21.1 Å². The van der Waals surface area contributed by atoms with Gasteiger partial charge in [-0.2, -0.15) is 4.31 Å². The minimum absolute atomic E-state index is 0.0424. The van der Waals surface area contributed by atoms with Crippen molar-refractivity contribution in [2.24, 2.45) is 11.7 Å². The summed E-state index contributed by atoms with van der Waals surface area (Å²) in [7, 11) is -4.09. The van der Waals surface area contributed by atoms with E-state index in [-0.39, 0.29) is 34.7 Å². The number of hydrogen-bond acceptors (Lipinski definition) is 6. The Bertz CT molecular complexity index is 953. The molecule has 0 bridgehead atoms. The molecule has 0 saturated carbocycles. The van der Waals surface area contributed by atoms with Gasteiger partial charge in [0, 0.05) is 19.2 Å². The fourth-order valence-corrected chi connectivity index (χ4v) is 5.28. The van der Waals surface area contributed by atoms with E-state index in [4.69, 9.17) is 17.3 Å². The summed E-state index contributed by atoms with van der Waals surface area (Å²) < 4.78 is 27.7. The van der Waals surface area contributed by atoms with Gasteiger partial charge in [-0.1, -0.05) is 55.8 Å². The van der Waals surface area contributed by atoms with Crippen LogP contribution in [0.4, 0.5) is 0 Å². The number of aromatic hydroxyl groups is 1. The Morgan fingerprint density at radius 1 is 1.10 bits per heavy atom. The molecule has 0 aliphatic carbocycles. The van der Waals surface area contributed by atoms with Crippen LogP contribution in [0.3, 0.4) is 0 Å². The number of halogens is 1. The molecular formula is C21H29ClN2O5S. The Labute approximate surface area is 182 Å². The summed E-state index contributed by atoms with van der Waals surface area (Å²) in [5.41, 5.74) is 6.93. The van der Waals surface area contributed by atoms with Gasteiger partial charge in [0.1, 0.15) is 10.6 Å². The van der Waals surface area contributed by atoms with Crippen molar-refractivity contribution < 1.29 is 23.7 Å². The summed E-state index contributed by atoms with van der Waals surface area (Å²) in [5, 5.41) is 30.8. The number of rotatable bonds is 9. The van der Waals surface area contributed by atoms with Crippen LogP contribution >= 0.6 is 11.6 Å². The number of benzene rings is 2. The molecule has 9 heteroatoms. The number of phenolic OH excluding ortho intramolecular Hbond substituents is 1. The smallest absolute Gasteiger partial charge is 0.244 e. The second-order valence-corrected chi connectivity index (χ2v) is 10.1. The van der Waals surface area contributed by atoms with Gasteiger partial charge >= 0.3 is 0 Å². The molecule has 0 aliphatic heterocycles. The lowest BCUT2D eigenvalue weighted by atomic mass is 9.98. The van der Waals surface area contributed by atoms with E-state index in [0.717, 1.165) is 4.31 Å². The Kier molecular flexibility index (Phi) is 8.27. The first-order valence-corrected chi connectivity index (χ1v) is 11.4. The maximum Gasteiger partial charge on any atom is 0.244 e. The topological polar surface area (TPSA) is 124 Å². The maximum absolute atomic E-state index is 13.3. The molecule has 0 aromatic heterocycles. The highest BCUT2D eigenvalue weighted by atomic mass is 35.5. The molecule has 30 heavy (non-hydrogen) atoms. The van der Waals surface area contributed by atoms with Crippen molar-refractivity contribution in [2.45, 2.75) is 43.9 Å². The van der Waals surface area contributed by atoms with Gasteiger partial charge in [0.25, 0.3) is 0 Å². The molecule has 166 valence electrons. The predicted octanol–water partition coefficient (Wildman–Crippen LogP) is 2.42. The normalized spacial score (nSPS) is 15.4. The third-order valence-electron chi connectivity index (χ3n) is 4.78. The minimum atomic E-state index is -4.09. The molecule has 0 fully saturated rings. The zero-order valence-corrected chi connectivity index (χ0v) is 18.8. The fourth-order valence-electron chi connectivity index (χ4n) is 3.07. The Hall–Kier alpha value is -1.68. The van der Waals surface area contributed by atoms with E-state index < -0.39 is 28.3 Å². The van der Waals surface area contributed by atoms with Crippen molar-refractivity contribution in [2.75, 3.05) is 13.1 Å². The lowest BCUT2D eigenvalue weighted by molar-refractivity contribution is 0.0438. The first kappa shape index (κ1) is 24.6. The minimum Gasteiger partial charge on any atom is -0.508 e. The molecule has 2 rings (SSSR count). The summed E-state index contributed by atoms with van der Waals surface area (Å²) in [4.78, 5) is -0.163. The van der Waals surface area contributed by atoms with Crippen LogP contribution in [0.25, 0.3) is 0 Å².